The maximum Gasteiger partial charge on any atom is 0.294 e. The van der Waals surface area contributed by atoms with Crippen LogP contribution in [0.4, 0.5) is 10.1 Å². The van der Waals surface area contributed by atoms with Gasteiger partial charge in [0.15, 0.2) is 0 Å². The fraction of sp³-hybridized carbons (Fsp3) is 0.308. The molecule has 4 nitrogen and oxygen atoms in total. The van der Waals surface area contributed by atoms with Crippen LogP contribution in [0.5, 0.6) is 0 Å². The number of nitrogen functional groups attached to an aromatic ring is 1. The van der Waals surface area contributed by atoms with E-state index in [9.17, 15) is 9.18 Å². The molecule has 0 aliphatic heterocycles. The third-order valence-electron chi connectivity index (χ3n) is 3.34. The minimum absolute atomic E-state index is 0.258. The lowest BCUT2D eigenvalue weighted by molar-refractivity contribution is 0.625. The van der Waals surface area contributed by atoms with E-state index in [-0.39, 0.29) is 17.1 Å². The molecule has 0 unspecified atom stereocenters. The summed E-state index contributed by atoms with van der Waals surface area (Å²) in [7, 11) is 0. The molecule has 1 fully saturated rings. The molecule has 94 valence electrons. The summed E-state index contributed by atoms with van der Waals surface area (Å²) in [6, 6.07) is 4.32. The number of hydrogen-bond donors (Lipinski definition) is 2. The minimum atomic E-state index is -0.314. The summed E-state index contributed by atoms with van der Waals surface area (Å²) in [5, 5.41) is 3.04. The first-order chi connectivity index (χ1) is 8.58. The normalized spacial score (nSPS) is 15.0. The van der Waals surface area contributed by atoms with Gasteiger partial charge in [-0.25, -0.2) is 9.07 Å². The zero-order chi connectivity index (χ0) is 12.9. The maximum atomic E-state index is 13.1. The lowest BCUT2D eigenvalue weighted by Crippen LogP contribution is -2.17. The Morgan fingerprint density at radius 1 is 1.44 bits per heavy atom. The Hall–Kier alpha value is -2.04. The second kappa shape index (κ2) is 3.73. The summed E-state index contributed by atoms with van der Waals surface area (Å²) in [5.41, 5.74) is 7.99. The van der Waals surface area contributed by atoms with Gasteiger partial charge >= 0.3 is 0 Å². The van der Waals surface area contributed by atoms with Crippen LogP contribution in [0.25, 0.3) is 5.69 Å². The van der Waals surface area contributed by atoms with Crippen molar-refractivity contribution >= 4 is 5.69 Å². The van der Waals surface area contributed by atoms with Gasteiger partial charge in [0, 0.05) is 5.92 Å². The fourth-order valence-electron chi connectivity index (χ4n) is 2.19. The van der Waals surface area contributed by atoms with E-state index in [2.05, 4.69) is 5.10 Å². The SMILES string of the molecule is Cc1cc(F)ccc1-n1[nH]c(C2CC2)c(N)c1=O. The molecule has 0 atom stereocenters. The van der Waals surface area contributed by atoms with Crippen LogP contribution < -0.4 is 11.3 Å². The smallest absolute Gasteiger partial charge is 0.294 e. The van der Waals surface area contributed by atoms with Gasteiger partial charge in [0.05, 0.1) is 11.4 Å². The van der Waals surface area contributed by atoms with E-state index in [0.717, 1.165) is 18.5 Å². The van der Waals surface area contributed by atoms with Gasteiger partial charge < -0.3 is 5.73 Å². The Labute approximate surface area is 103 Å². The van der Waals surface area contributed by atoms with Gasteiger partial charge in [0.2, 0.25) is 0 Å². The van der Waals surface area contributed by atoms with Crippen LogP contribution in [0.3, 0.4) is 0 Å². The van der Waals surface area contributed by atoms with Crippen molar-refractivity contribution in [3.63, 3.8) is 0 Å². The minimum Gasteiger partial charge on any atom is -0.393 e. The molecular formula is C13H14FN3O. The van der Waals surface area contributed by atoms with Crippen LogP contribution in [0.2, 0.25) is 0 Å². The van der Waals surface area contributed by atoms with Crippen molar-refractivity contribution in [1.82, 2.24) is 9.78 Å². The third kappa shape index (κ3) is 1.63. The lowest BCUT2D eigenvalue weighted by Gasteiger charge is -2.05. The number of nitrogens with two attached hydrogens (primary N) is 1. The number of aromatic amines is 1. The zero-order valence-corrected chi connectivity index (χ0v) is 10.0. The Balaban J connectivity index is 2.17. The van der Waals surface area contributed by atoms with Crippen LogP contribution in [0.1, 0.15) is 30.0 Å². The first-order valence-electron chi connectivity index (χ1n) is 5.95. The van der Waals surface area contributed by atoms with Gasteiger partial charge in [-0.1, -0.05) is 0 Å². The molecule has 0 radical (unpaired) electrons. The van der Waals surface area contributed by atoms with E-state index < -0.39 is 0 Å². The standard InChI is InChI=1S/C13H14FN3O/c1-7-6-9(14)4-5-10(7)17-13(18)11(15)12(16-17)8-2-3-8/h4-6,8,16H,2-3,15H2,1H3. The molecule has 0 spiro atoms. The largest absolute Gasteiger partial charge is 0.393 e. The summed E-state index contributed by atoms with van der Waals surface area (Å²) in [5.74, 6) is 0.0611. The first kappa shape index (κ1) is 11.1. The van der Waals surface area contributed by atoms with E-state index in [4.69, 9.17) is 5.73 Å². The number of benzene rings is 1. The molecule has 3 N–H and O–H groups in total. The maximum absolute atomic E-state index is 13.1. The second-order valence-electron chi connectivity index (χ2n) is 4.78. The van der Waals surface area contributed by atoms with Gasteiger partial charge in [-0.3, -0.25) is 9.89 Å². The lowest BCUT2D eigenvalue weighted by atomic mass is 10.2. The topological polar surface area (TPSA) is 63.8 Å². The number of halogens is 1. The van der Waals surface area contributed by atoms with Gasteiger partial charge in [0.1, 0.15) is 11.5 Å². The molecule has 3 rings (SSSR count). The summed E-state index contributed by atoms with van der Waals surface area (Å²) < 4.78 is 14.5. The van der Waals surface area contributed by atoms with Crippen LogP contribution in [-0.4, -0.2) is 9.78 Å². The van der Waals surface area contributed by atoms with E-state index in [1.54, 1.807) is 13.0 Å². The van der Waals surface area contributed by atoms with Crippen molar-refractivity contribution in [1.29, 1.82) is 0 Å². The molecule has 0 saturated heterocycles. The number of aromatic nitrogens is 2. The molecule has 1 aliphatic carbocycles. The zero-order valence-electron chi connectivity index (χ0n) is 10.0. The molecule has 0 bridgehead atoms. The van der Waals surface area contributed by atoms with Crippen LogP contribution >= 0.6 is 0 Å². The molecule has 1 heterocycles. The highest BCUT2D eigenvalue weighted by atomic mass is 19.1. The van der Waals surface area contributed by atoms with Gasteiger partial charge in [-0.2, -0.15) is 0 Å². The summed E-state index contributed by atoms with van der Waals surface area (Å²) in [6.07, 6.45) is 2.12. The fourth-order valence-corrected chi connectivity index (χ4v) is 2.19. The van der Waals surface area contributed by atoms with Crippen molar-refractivity contribution in [3.8, 4) is 5.69 Å². The predicted octanol–water partition coefficient (Wildman–Crippen LogP) is 2.07. The van der Waals surface area contributed by atoms with E-state index in [1.807, 2.05) is 0 Å². The third-order valence-corrected chi connectivity index (χ3v) is 3.34. The number of rotatable bonds is 2. The molecule has 1 aromatic carbocycles. The Bertz CT molecular complexity index is 667. The quantitative estimate of drug-likeness (QED) is 0.853. The summed E-state index contributed by atoms with van der Waals surface area (Å²) >= 11 is 0. The molecule has 1 saturated carbocycles. The Morgan fingerprint density at radius 3 is 2.78 bits per heavy atom. The number of nitrogens with one attached hydrogen (secondary N) is 1. The van der Waals surface area contributed by atoms with Gasteiger partial charge in [-0.05, 0) is 43.5 Å². The highest BCUT2D eigenvalue weighted by molar-refractivity contribution is 5.49. The monoisotopic (exact) mass is 247 g/mol. The summed E-state index contributed by atoms with van der Waals surface area (Å²) in [6.45, 7) is 1.76. The van der Waals surface area contributed by atoms with Crippen molar-refractivity contribution < 1.29 is 4.39 Å². The first-order valence-corrected chi connectivity index (χ1v) is 5.95. The molecular weight excluding hydrogens is 233 g/mol. The molecule has 2 aromatic rings. The number of H-pyrrole nitrogens is 1. The molecule has 5 heteroatoms. The number of anilines is 1. The molecule has 1 aliphatic rings. The van der Waals surface area contributed by atoms with Crippen LogP contribution in [0.15, 0.2) is 23.0 Å². The van der Waals surface area contributed by atoms with E-state index >= 15 is 0 Å². The predicted molar refractivity (Wildman–Crippen MR) is 67.5 cm³/mol. The highest BCUT2D eigenvalue weighted by Crippen LogP contribution is 2.40. The summed E-state index contributed by atoms with van der Waals surface area (Å²) in [4.78, 5) is 12.1. The van der Waals surface area contributed by atoms with E-state index in [0.29, 0.717) is 17.2 Å². The number of aryl methyl sites for hydroxylation is 1. The van der Waals surface area contributed by atoms with E-state index in [1.165, 1.54) is 16.8 Å². The Morgan fingerprint density at radius 2 is 2.17 bits per heavy atom. The average molecular weight is 247 g/mol. The highest BCUT2D eigenvalue weighted by Gasteiger charge is 2.29. The van der Waals surface area contributed by atoms with Crippen LogP contribution in [0, 0.1) is 12.7 Å². The number of nitrogens with zero attached hydrogens (tertiary/aromatic N) is 1. The molecule has 18 heavy (non-hydrogen) atoms. The Kier molecular flexibility index (Phi) is 2.29. The van der Waals surface area contributed by atoms with Gasteiger partial charge in [0.25, 0.3) is 5.56 Å². The van der Waals surface area contributed by atoms with Crippen LogP contribution in [-0.2, 0) is 0 Å². The molecule has 0 amide bonds. The average Bonchev–Trinajstić information content (AvgIpc) is 3.11. The van der Waals surface area contributed by atoms with Gasteiger partial charge in [-0.15, -0.1) is 0 Å². The van der Waals surface area contributed by atoms with Crippen molar-refractivity contribution in [2.75, 3.05) is 5.73 Å². The van der Waals surface area contributed by atoms with Crippen molar-refractivity contribution in [2.24, 2.45) is 0 Å². The second-order valence-corrected chi connectivity index (χ2v) is 4.78. The number of hydrogen-bond acceptors (Lipinski definition) is 2. The van der Waals surface area contributed by atoms with Crippen molar-refractivity contribution in [3.05, 3.63) is 45.6 Å². The van der Waals surface area contributed by atoms with Crippen molar-refractivity contribution in [2.45, 2.75) is 25.7 Å². The molecule has 1 aromatic heterocycles.